The fraction of sp³-hybridized carbons (Fsp3) is 0.294. The van der Waals surface area contributed by atoms with Crippen LogP contribution in [0.15, 0.2) is 42.5 Å². The minimum atomic E-state index is 1.12. The van der Waals surface area contributed by atoms with E-state index in [9.17, 15) is 0 Å². The Hall–Kier alpha value is -2.16. The molecule has 0 unspecified atom stereocenters. The minimum absolute atomic E-state index is 1.12. The van der Waals surface area contributed by atoms with Gasteiger partial charge in [-0.15, -0.1) is 0 Å². The summed E-state index contributed by atoms with van der Waals surface area (Å²) >= 11 is 0. The molecule has 2 aromatic rings. The SMILES string of the molecule is CN(C)c1ccc(Nc2ccc3c(c2)CCN3C)cc1. The first-order valence-corrected chi connectivity index (χ1v) is 7.02. The Morgan fingerprint density at radius 2 is 1.70 bits per heavy atom. The smallest absolute Gasteiger partial charge is 0.0398 e. The fourth-order valence-electron chi connectivity index (χ4n) is 2.65. The quantitative estimate of drug-likeness (QED) is 0.918. The van der Waals surface area contributed by atoms with Crippen LogP contribution in [0.5, 0.6) is 0 Å². The van der Waals surface area contributed by atoms with Gasteiger partial charge in [-0.1, -0.05) is 0 Å². The predicted octanol–water partition coefficient (Wildman–Crippen LogP) is 3.49. The fourth-order valence-corrected chi connectivity index (χ4v) is 2.65. The van der Waals surface area contributed by atoms with Crippen molar-refractivity contribution in [2.45, 2.75) is 6.42 Å². The van der Waals surface area contributed by atoms with E-state index in [1.807, 2.05) is 0 Å². The number of fused-ring (bicyclic) bond motifs is 1. The molecule has 0 aromatic heterocycles. The van der Waals surface area contributed by atoms with Gasteiger partial charge in [-0.05, 0) is 54.4 Å². The van der Waals surface area contributed by atoms with E-state index >= 15 is 0 Å². The van der Waals surface area contributed by atoms with Crippen molar-refractivity contribution in [2.75, 3.05) is 42.8 Å². The van der Waals surface area contributed by atoms with Crippen LogP contribution in [0.25, 0.3) is 0 Å². The highest BCUT2D eigenvalue weighted by atomic mass is 15.1. The molecule has 2 aromatic carbocycles. The maximum absolute atomic E-state index is 3.48. The zero-order valence-electron chi connectivity index (χ0n) is 12.4. The van der Waals surface area contributed by atoms with Crippen LogP contribution < -0.4 is 15.1 Å². The van der Waals surface area contributed by atoms with E-state index in [4.69, 9.17) is 0 Å². The summed E-state index contributed by atoms with van der Waals surface area (Å²) in [5.41, 5.74) is 6.30. The highest BCUT2D eigenvalue weighted by Crippen LogP contribution is 2.30. The molecule has 0 amide bonds. The van der Waals surface area contributed by atoms with E-state index in [-0.39, 0.29) is 0 Å². The number of likely N-dealkylation sites (N-methyl/N-ethyl adjacent to an activating group) is 1. The summed E-state index contributed by atoms with van der Waals surface area (Å²) in [5, 5.41) is 3.48. The van der Waals surface area contributed by atoms with E-state index in [1.165, 1.54) is 16.9 Å². The second kappa shape index (κ2) is 5.08. The Labute approximate surface area is 120 Å². The maximum Gasteiger partial charge on any atom is 0.0398 e. The van der Waals surface area contributed by atoms with E-state index in [0.29, 0.717) is 0 Å². The van der Waals surface area contributed by atoms with Gasteiger partial charge in [0.05, 0.1) is 0 Å². The van der Waals surface area contributed by atoms with Gasteiger partial charge in [0.1, 0.15) is 0 Å². The lowest BCUT2D eigenvalue weighted by atomic mass is 10.1. The number of benzene rings is 2. The zero-order valence-corrected chi connectivity index (χ0v) is 12.4. The predicted molar refractivity (Wildman–Crippen MR) is 87.5 cm³/mol. The Balaban J connectivity index is 1.78. The van der Waals surface area contributed by atoms with Gasteiger partial charge in [0, 0.05) is 50.4 Å². The molecule has 0 saturated carbocycles. The van der Waals surface area contributed by atoms with Crippen LogP contribution in [-0.2, 0) is 6.42 Å². The molecule has 0 fully saturated rings. The largest absolute Gasteiger partial charge is 0.378 e. The summed E-state index contributed by atoms with van der Waals surface area (Å²) < 4.78 is 0. The van der Waals surface area contributed by atoms with Gasteiger partial charge >= 0.3 is 0 Å². The molecular formula is C17H21N3. The highest BCUT2D eigenvalue weighted by Gasteiger charge is 2.15. The molecule has 0 spiro atoms. The standard InChI is InChI=1S/C17H21N3/c1-19(2)16-7-4-14(5-8-16)18-15-6-9-17-13(12-15)10-11-20(17)3/h4-9,12,18H,10-11H2,1-3H3. The van der Waals surface area contributed by atoms with Gasteiger partial charge in [0.2, 0.25) is 0 Å². The summed E-state index contributed by atoms with van der Waals surface area (Å²) in [6, 6.07) is 15.1. The van der Waals surface area contributed by atoms with Crippen LogP contribution in [0, 0.1) is 0 Å². The number of nitrogens with one attached hydrogen (secondary N) is 1. The lowest BCUT2D eigenvalue weighted by Crippen LogP contribution is -2.12. The van der Waals surface area contributed by atoms with E-state index < -0.39 is 0 Å². The number of nitrogens with zero attached hydrogens (tertiary/aromatic N) is 2. The summed E-state index contributed by atoms with van der Waals surface area (Å²) in [4.78, 5) is 4.42. The van der Waals surface area contributed by atoms with E-state index in [1.54, 1.807) is 0 Å². The normalized spacial score (nSPS) is 13.2. The van der Waals surface area contributed by atoms with Crippen LogP contribution in [-0.4, -0.2) is 27.7 Å². The van der Waals surface area contributed by atoms with Gasteiger partial charge in [0.25, 0.3) is 0 Å². The minimum Gasteiger partial charge on any atom is -0.378 e. The van der Waals surface area contributed by atoms with Crippen molar-refractivity contribution in [2.24, 2.45) is 0 Å². The molecule has 0 aliphatic carbocycles. The van der Waals surface area contributed by atoms with Gasteiger partial charge < -0.3 is 15.1 Å². The Bertz CT molecular complexity index is 602. The average molecular weight is 267 g/mol. The molecule has 0 atom stereocenters. The molecule has 3 nitrogen and oxygen atoms in total. The molecule has 1 aliphatic rings. The van der Waals surface area contributed by atoms with Crippen molar-refractivity contribution in [1.29, 1.82) is 0 Å². The van der Waals surface area contributed by atoms with Crippen molar-refractivity contribution in [3.8, 4) is 0 Å². The molecule has 1 aliphatic heterocycles. The number of hydrogen-bond donors (Lipinski definition) is 1. The summed E-state index contributed by atoms with van der Waals surface area (Å²) in [6.07, 6.45) is 1.14. The van der Waals surface area contributed by atoms with Crippen LogP contribution in [0.2, 0.25) is 0 Å². The van der Waals surface area contributed by atoms with Crippen LogP contribution >= 0.6 is 0 Å². The van der Waals surface area contributed by atoms with Crippen molar-refractivity contribution in [3.05, 3.63) is 48.0 Å². The van der Waals surface area contributed by atoms with Crippen LogP contribution in [0.3, 0.4) is 0 Å². The molecule has 1 N–H and O–H groups in total. The van der Waals surface area contributed by atoms with E-state index in [0.717, 1.165) is 24.3 Å². The Morgan fingerprint density at radius 3 is 2.40 bits per heavy atom. The topological polar surface area (TPSA) is 18.5 Å². The molecule has 20 heavy (non-hydrogen) atoms. The monoisotopic (exact) mass is 267 g/mol. The first kappa shape index (κ1) is 12.9. The maximum atomic E-state index is 3.48. The lowest BCUT2D eigenvalue weighted by Gasteiger charge is -2.14. The number of anilines is 4. The third kappa shape index (κ3) is 2.44. The second-order valence-corrected chi connectivity index (χ2v) is 5.58. The van der Waals surface area contributed by atoms with Gasteiger partial charge in [-0.2, -0.15) is 0 Å². The molecule has 104 valence electrons. The molecule has 3 rings (SSSR count). The lowest BCUT2D eigenvalue weighted by molar-refractivity contribution is 0.956. The Morgan fingerprint density at radius 1 is 1.00 bits per heavy atom. The van der Waals surface area contributed by atoms with Gasteiger partial charge in [-0.3, -0.25) is 0 Å². The van der Waals surface area contributed by atoms with Crippen molar-refractivity contribution < 1.29 is 0 Å². The second-order valence-electron chi connectivity index (χ2n) is 5.58. The summed E-state index contributed by atoms with van der Waals surface area (Å²) in [7, 11) is 6.26. The molecule has 0 radical (unpaired) electrons. The van der Waals surface area contributed by atoms with Crippen molar-refractivity contribution in [3.63, 3.8) is 0 Å². The average Bonchev–Trinajstić information content (AvgIpc) is 2.81. The van der Waals surface area contributed by atoms with Crippen molar-refractivity contribution >= 4 is 22.7 Å². The molecule has 0 saturated heterocycles. The highest BCUT2D eigenvalue weighted by molar-refractivity contribution is 5.68. The van der Waals surface area contributed by atoms with Crippen LogP contribution in [0.4, 0.5) is 22.7 Å². The number of rotatable bonds is 3. The first-order valence-electron chi connectivity index (χ1n) is 7.02. The van der Waals surface area contributed by atoms with Gasteiger partial charge in [-0.25, -0.2) is 0 Å². The first-order chi connectivity index (χ1) is 9.63. The summed E-state index contributed by atoms with van der Waals surface area (Å²) in [6.45, 7) is 1.12. The van der Waals surface area contributed by atoms with E-state index in [2.05, 4.69) is 78.7 Å². The molecule has 1 heterocycles. The number of hydrogen-bond acceptors (Lipinski definition) is 3. The van der Waals surface area contributed by atoms with Gasteiger partial charge in [0.15, 0.2) is 0 Å². The molecule has 0 bridgehead atoms. The van der Waals surface area contributed by atoms with Crippen LogP contribution in [0.1, 0.15) is 5.56 Å². The molecular weight excluding hydrogens is 246 g/mol. The zero-order chi connectivity index (χ0) is 14.1. The molecule has 3 heteroatoms. The third-order valence-electron chi connectivity index (χ3n) is 3.88. The Kier molecular flexibility index (Phi) is 3.26. The summed E-state index contributed by atoms with van der Waals surface area (Å²) in [5.74, 6) is 0. The third-order valence-corrected chi connectivity index (χ3v) is 3.88. The van der Waals surface area contributed by atoms with Crippen molar-refractivity contribution in [1.82, 2.24) is 0 Å².